The molecule has 0 aliphatic carbocycles. The Balaban J connectivity index is 2.51. The molecule has 0 aromatic heterocycles. The van der Waals surface area contributed by atoms with E-state index in [1.807, 2.05) is 48.5 Å². The molecule has 0 radical (unpaired) electrons. The molecule has 0 bridgehead atoms. The summed E-state index contributed by atoms with van der Waals surface area (Å²) < 4.78 is 0. The number of rotatable bonds is 2. The van der Waals surface area contributed by atoms with E-state index in [4.69, 9.17) is 0 Å². The van der Waals surface area contributed by atoms with Crippen molar-refractivity contribution in [2.75, 3.05) is 0 Å². The van der Waals surface area contributed by atoms with Crippen molar-refractivity contribution in [2.45, 2.75) is 13.3 Å². The van der Waals surface area contributed by atoms with E-state index in [0.29, 0.717) is 0 Å². The van der Waals surface area contributed by atoms with Crippen LogP contribution in [0.1, 0.15) is 12.5 Å². The number of phenols is 1. The largest absolute Gasteiger partial charge is 0.507 e. The minimum absolute atomic E-state index is 0.0516. The summed E-state index contributed by atoms with van der Waals surface area (Å²) in [6.07, 6.45) is 0.261. The van der Waals surface area contributed by atoms with Crippen LogP contribution >= 0.6 is 0 Å². The fraction of sp³-hybridized carbons (Fsp3) is 0.118. The van der Waals surface area contributed by atoms with Gasteiger partial charge < -0.3 is 5.11 Å². The SMILES string of the molecule is CC(=O)Cc1c(O)c2ccccc2c2ccccc12. The fourth-order valence-electron chi connectivity index (χ4n) is 2.62. The van der Waals surface area contributed by atoms with Gasteiger partial charge in [-0.2, -0.15) is 0 Å². The highest BCUT2D eigenvalue weighted by Gasteiger charge is 2.14. The van der Waals surface area contributed by atoms with E-state index in [1.165, 1.54) is 0 Å². The molecule has 0 spiro atoms. The summed E-state index contributed by atoms with van der Waals surface area (Å²) >= 11 is 0. The molecule has 0 atom stereocenters. The monoisotopic (exact) mass is 250 g/mol. The number of carbonyl (C=O) groups is 1. The minimum atomic E-state index is 0.0516. The van der Waals surface area contributed by atoms with Crippen LogP contribution in [0.25, 0.3) is 21.5 Å². The maximum Gasteiger partial charge on any atom is 0.134 e. The Kier molecular flexibility index (Phi) is 2.71. The van der Waals surface area contributed by atoms with Crippen LogP contribution in [0.4, 0.5) is 0 Å². The van der Waals surface area contributed by atoms with Crippen LogP contribution in [-0.4, -0.2) is 10.9 Å². The predicted molar refractivity (Wildman–Crippen MR) is 77.5 cm³/mol. The van der Waals surface area contributed by atoms with Crippen LogP contribution < -0.4 is 0 Å². The highest BCUT2D eigenvalue weighted by molar-refractivity contribution is 6.12. The normalized spacial score (nSPS) is 11.0. The molecule has 0 heterocycles. The summed E-state index contributed by atoms with van der Waals surface area (Å²) in [5.41, 5.74) is 0.724. The van der Waals surface area contributed by atoms with Crippen LogP contribution in [0, 0.1) is 0 Å². The number of phenolic OH excluding ortho intramolecular Hbond substituents is 1. The zero-order valence-corrected chi connectivity index (χ0v) is 10.7. The quantitative estimate of drug-likeness (QED) is 0.702. The molecule has 3 aromatic rings. The molecule has 1 N–H and O–H groups in total. The van der Waals surface area contributed by atoms with Crippen LogP contribution in [0.3, 0.4) is 0 Å². The van der Waals surface area contributed by atoms with Gasteiger partial charge in [-0.25, -0.2) is 0 Å². The third-order valence-corrected chi connectivity index (χ3v) is 3.44. The van der Waals surface area contributed by atoms with Gasteiger partial charge in [0.15, 0.2) is 0 Å². The van der Waals surface area contributed by atoms with E-state index >= 15 is 0 Å². The molecular formula is C17H14O2. The van der Waals surface area contributed by atoms with Crippen molar-refractivity contribution in [3.05, 3.63) is 54.1 Å². The second kappa shape index (κ2) is 4.39. The van der Waals surface area contributed by atoms with Gasteiger partial charge in [0.1, 0.15) is 11.5 Å². The second-order valence-corrected chi connectivity index (χ2v) is 4.80. The first-order valence-electron chi connectivity index (χ1n) is 6.29. The molecular weight excluding hydrogens is 236 g/mol. The standard InChI is InChI=1S/C17H14O2/c1-11(18)10-16-14-8-3-2-6-12(14)13-7-4-5-9-15(13)17(16)19/h2-9,19H,10H2,1H3. The van der Waals surface area contributed by atoms with Crippen molar-refractivity contribution in [1.29, 1.82) is 0 Å². The van der Waals surface area contributed by atoms with Gasteiger partial charge in [-0.15, -0.1) is 0 Å². The van der Waals surface area contributed by atoms with Crippen LogP contribution in [0.15, 0.2) is 48.5 Å². The number of hydrogen-bond donors (Lipinski definition) is 1. The molecule has 2 heteroatoms. The molecule has 0 amide bonds. The van der Waals surface area contributed by atoms with E-state index in [2.05, 4.69) is 0 Å². The predicted octanol–water partition coefficient (Wildman–Crippen LogP) is 3.83. The van der Waals surface area contributed by atoms with Gasteiger partial charge in [0.2, 0.25) is 0 Å². The lowest BCUT2D eigenvalue weighted by Crippen LogP contribution is -1.98. The van der Waals surface area contributed by atoms with Gasteiger partial charge >= 0.3 is 0 Å². The number of fused-ring (bicyclic) bond motifs is 3. The maximum atomic E-state index is 11.4. The summed E-state index contributed by atoms with van der Waals surface area (Å²) in [6, 6.07) is 15.6. The number of carbonyl (C=O) groups excluding carboxylic acids is 1. The lowest BCUT2D eigenvalue weighted by Gasteiger charge is -2.12. The van der Waals surface area contributed by atoms with E-state index < -0.39 is 0 Å². The molecule has 0 saturated heterocycles. The highest BCUT2D eigenvalue weighted by Crippen LogP contribution is 2.37. The molecule has 2 nitrogen and oxygen atoms in total. The number of benzene rings is 3. The van der Waals surface area contributed by atoms with Crippen LogP contribution in [-0.2, 0) is 11.2 Å². The van der Waals surface area contributed by atoms with E-state index in [-0.39, 0.29) is 18.0 Å². The third kappa shape index (κ3) is 1.85. The lowest BCUT2D eigenvalue weighted by atomic mass is 9.93. The van der Waals surface area contributed by atoms with Gasteiger partial charge in [0, 0.05) is 17.4 Å². The summed E-state index contributed by atoms with van der Waals surface area (Å²) in [5, 5.41) is 14.3. The Morgan fingerprint density at radius 1 is 0.895 bits per heavy atom. The molecule has 0 aliphatic heterocycles. The molecule has 0 fully saturated rings. The molecule has 94 valence electrons. The summed E-state index contributed by atoms with van der Waals surface area (Å²) in [7, 11) is 0. The smallest absolute Gasteiger partial charge is 0.134 e. The molecule has 19 heavy (non-hydrogen) atoms. The summed E-state index contributed by atoms with van der Waals surface area (Å²) in [4.78, 5) is 11.4. The van der Waals surface area contributed by atoms with Gasteiger partial charge in [-0.3, -0.25) is 4.79 Å². The maximum absolute atomic E-state index is 11.4. The first-order valence-corrected chi connectivity index (χ1v) is 6.29. The first-order chi connectivity index (χ1) is 9.18. The Morgan fingerprint density at radius 2 is 1.37 bits per heavy atom. The van der Waals surface area contributed by atoms with Gasteiger partial charge in [0.25, 0.3) is 0 Å². The van der Waals surface area contributed by atoms with Gasteiger partial charge in [-0.05, 0) is 23.1 Å². The van der Waals surface area contributed by atoms with Crippen molar-refractivity contribution in [2.24, 2.45) is 0 Å². The summed E-state index contributed by atoms with van der Waals surface area (Å²) in [5.74, 6) is 0.278. The van der Waals surface area contributed by atoms with Crippen LogP contribution in [0.2, 0.25) is 0 Å². The average Bonchev–Trinajstić information content (AvgIpc) is 2.43. The van der Waals surface area contributed by atoms with Crippen LogP contribution in [0.5, 0.6) is 5.75 Å². The molecule has 0 saturated carbocycles. The Labute approximate surface area is 111 Å². The Hall–Kier alpha value is -2.35. The van der Waals surface area contributed by atoms with Crippen molar-refractivity contribution < 1.29 is 9.90 Å². The number of hydrogen-bond acceptors (Lipinski definition) is 2. The molecule has 3 aromatic carbocycles. The third-order valence-electron chi connectivity index (χ3n) is 3.44. The zero-order valence-electron chi connectivity index (χ0n) is 10.7. The zero-order chi connectivity index (χ0) is 13.4. The molecule has 3 rings (SSSR count). The molecule has 0 aliphatic rings. The second-order valence-electron chi connectivity index (χ2n) is 4.80. The van der Waals surface area contributed by atoms with Crippen molar-refractivity contribution in [1.82, 2.24) is 0 Å². The number of ketones is 1. The van der Waals surface area contributed by atoms with Crippen molar-refractivity contribution in [3.63, 3.8) is 0 Å². The topological polar surface area (TPSA) is 37.3 Å². The highest BCUT2D eigenvalue weighted by atomic mass is 16.3. The Morgan fingerprint density at radius 3 is 1.95 bits per heavy atom. The lowest BCUT2D eigenvalue weighted by molar-refractivity contribution is -0.116. The molecule has 0 unspecified atom stereocenters. The average molecular weight is 250 g/mol. The van der Waals surface area contributed by atoms with Gasteiger partial charge in [0.05, 0.1) is 0 Å². The van der Waals surface area contributed by atoms with E-state index in [1.54, 1.807) is 6.92 Å². The number of Topliss-reactive ketones (excluding diaryl/α,β-unsaturated/α-hetero) is 1. The summed E-state index contributed by atoms with van der Waals surface area (Å²) in [6.45, 7) is 1.55. The fourth-order valence-corrected chi connectivity index (χ4v) is 2.62. The van der Waals surface area contributed by atoms with E-state index in [0.717, 1.165) is 27.1 Å². The van der Waals surface area contributed by atoms with Crippen molar-refractivity contribution in [3.8, 4) is 5.75 Å². The number of aromatic hydroxyl groups is 1. The first kappa shape index (κ1) is 11.7. The van der Waals surface area contributed by atoms with E-state index in [9.17, 15) is 9.90 Å². The minimum Gasteiger partial charge on any atom is -0.507 e. The van der Waals surface area contributed by atoms with Gasteiger partial charge in [-0.1, -0.05) is 48.5 Å². The Bertz CT molecular complexity index is 788. The van der Waals surface area contributed by atoms with Crippen molar-refractivity contribution >= 4 is 27.3 Å².